The van der Waals surface area contributed by atoms with Crippen molar-refractivity contribution in [3.05, 3.63) is 53.6 Å². The molecule has 5 nitrogen and oxygen atoms in total. The quantitative estimate of drug-likeness (QED) is 0.506. The summed E-state index contributed by atoms with van der Waals surface area (Å²) in [4.78, 5) is 12.5. The van der Waals surface area contributed by atoms with Crippen LogP contribution in [0.3, 0.4) is 0 Å². The van der Waals surface area contributed by atoms with Crippen molar-refractivity contribution in [2.75, 3.05) is 26.4 Å². The Balaban J connectivity index is 1.74. The van der Waals surface area contributed by atoms with Crippen molar-refractivity contribution in [3.8, 4) is 23.0 Å². The van der Waals surface area contributed by atoms with Gasteiger partial charge in [0.15, 0.2) is 28.8 Å². The highest BCUT2D eigenvalue weighted by molar-refractivity contribution is 6.07. The SMILES string of the molecule is CCCOc1ccc(C=CC(=O)c2ccc3c(c2)OCCO3)cc1OCC. The number of ketones is 1. The Morgan fingerprint density at radius 1 is 1.00 bits per heavy atom. The molecule has 142 valence electrons. The highest BCUT2D eigenvalue weighted by Gasteiger charge is 2.14. The number of carbonyl (C=O) groups excluding carboxylic acids is 1. The van der Waals surface area contributed by atoms with E-state index in [1.807, 2.05) is 25.1 Å². The van der Waals surface area contributed by atoms with Gasteiger partial charge < -0.3 is 18.9 Å². The van der Waals surface area contributed by atoms with Crippen LogP contribution in [0, 0.1) is 0 Å². The van der Waals surface area contributed by atoms with Crippen molar-refractivity contribution in [2.45, 2.75) is 20.3 Å². The van der Waals surface area contributed by atoms with E-state index in [0.29, 0.717) is 55.0 Å². The summed E-state index contributed by atoms with van der Waals surface area (Å²) < 4.78 is 22.4. The zero-order valence-electron chi connectivity index (χ0n) is 15.7. The second kappa shape index (κ2) is 9.12. The van der Waals surface area contributed by atoms with Crippen molar-refractivity contribution in [3.63, 3.8) is 0 Å². The molecular weight excluding hydrogens is 344 g/mol. The lowest BCUT2D eigenvalue weighted by Gasteiger charge is -2.18. The van der Waals surface area contributed by atoms with Crippen LogP contribution in [0.2, 0.25) is 0 Å². The van der Waals surface area contributed by atoms with E-state index >= 15 is 0 Å². The Morgan fingerprint density at radius 2 is 1.81 bits per heavy atom. The van der Waals surface area contributed by atoms with Crippen LogP contribution >= 0.6 is 0 Å². The van der Waals surface area contributed by atoms with Gasteiger partial charge in [0, 0.05) is 5.56 Å². The maximum Gasteiger partial charge on any atom is 0.185 e. The Labute approximate surface area is 159 Å². The Hall–Kier alpha value is -2.95. The molecule has 1 aliphatic rings. The molecule has 1 aliphatic heterocycles. The van der Waals surface area contributed by atoms with Gasteiger partial charge in [0.2, 0.25) is 0 Å². The van der Waals surface area contributed by atoms with Crippen molar-refractivity contribution in [1.29, 1.82) is 0 Å². The lowest BCUT2D eigenvalue weighted by molar-refractivity contribution is 0.104. The third kappa shape index (κ3) is 4.82. The van der Waals surface area contributed by atoms with Gasteiger partial charge in [-0.15, -0.1) is 0 Å². The number of rotatable bonds is 8. The second-order valence-corrected chi connectivity index (χ2v) is 6.04. The van der Waals surface area contributed by atoms with Gasteiger partial charge in [0.25, 0.3) is 0 Å². The first-order valence-electron chi connectivity index (χ1n) is 9.23. The Bertz CT molecular complexity index is 825. The molecule has 0 amide bonds. The van der Waals surface area contributed by atoms with Gasteiger partial charge in [0.1, 0.15) is 13.2 Å². The largest absolute Gasteiger partial charge is 0.490 e. The van der Waals surface area contributed by atoms with Crippen LogP contribution in [0.15, 0.2) is 42.5 Å². The fraction of sp³-hybridized carbons (Fsp3) is 0.318. The topological polar surface area (TPSA) is 54.0 Å². The minimum Gasteiger partial charge on any atom is -0.490 e. The average molecular weight is 368 g/mol. The van der Waals surface area contributed by atoms with Crippen LogP contribution in [0.5, 0.6) is 23.0 Å². The first-order valence-corrected chi connectivity index (χ1v) is 9.23. The zero-order chi connectivity index (χ0) is 19.1. The Morgan fingerprint density at radius 3 is 2.59 bits per heavy atom. The number of allylic oxidation sites excluding steroid dienone is 1. The summed E-state index contributed by atoms with van der Waals surface area (Å²) in [7, 11) is 0. The maximum atomic E-state index is 12.5. The number of carbonyl (C=O) groups is 1. The molecule has 0 N–H and O–H groups in total. The lowest BCUT2D eigenvalue weighted by atomic mass is 10.1. The zero-order valence-corrected chi connectivity index (χ0v) is 15.7. The van der Waals surface area contributed by atoms with E-state index in [0.717, 1.165) is 12.0 Å². The van der Waals surface area contributed by atoms with Gasteiger partial charge in [-0.3, -0.25) is 4.79 Å². The van der Waals surface area contributed by atoms with E-state index in [4.69, 9.17) is 18.9 Å². The highest BCUT2D eigenvalue weighted by Crippen LogP contribution is 2.31. The normalized spacial score (nSPS) is 12.8. The molecule has 0 bridgehead atoms. The van der Waals surface area contributed by atoms with E-state index in [2.05, 4.69) is 6.92 Å². The summed E-state index contributed by atoms with van der Waals surface area (Å²) in [6.45, 7) is 6.19. The molecule has 5 heteroatoms. The molecule has 0 unspecified atom stereocenters. The van der Waals surface area contributed by atoms with Crippen LogP contribution in [-0.2, 0) is 0 Å². The van der Waals surface area contributed by atoms with Crippen LogP contribution < -0.4 is 18.9 Å². The fourth-order valence-electron chi connectivity index (χ4n) is 2.69. The summed E-state index contributed by atoms with van der Waals surface area (Å²) >= 11 is 0. The van der Waals surface area contributed by atoms with Gasteiger partial charge in [-0.25, -0.2) is 0 Å². The number of fused-ring (bicyclic) bond motifs is 1. The standard InChI is InChI=1S/C22H24O5/c1-3-11-25-19-9-6-16(14-21(19)24-4-2)5-8-18(23)17-7-10-20-22(15-17)27-13-12-26-20/h5-10,14-15H,3-4,11-13H2,1-2H3. The molecule has 0 aromatic heterocycles. The summed E-state index contributed by atoms with van der Waals surface area (Å²) in [5.41, 5.74) is 1.43. The van der Waals surface area contributed by atoms with E-state index in [-0.39, 0.29) is 5.78 Å². The molecule has 0 fully saturated rings. The van der Waals surface area contributed by atoms with Crippen LogP contribution in [0.1, 0.15) is 36.2 Å². The van der Waals surface area contributed by atoms with Crippen LogP contribution in [0.4, 0.5) is 0 Å². The minimum absolute atomic E-state index is 0.101. The van der Waals surface area contributed by atoms with Gasteiger partial charge >= 0.3 is 0 Å². The van der Waals surface area contributed by atoms with Crippen LogP contribution in [0.25, 0.3) is 6.08 Å². The predicted octanol–water partition coefficient (Wildman–Crippen LogP) is 4.54. The highest BCUT2D eigenvalue weighted by atomic mass is 16.6. The van der Waals surface area contributed by atoms with E-state index < -0.39 is 0 Å². The predicted molar refractivity (Wildman–Crippen MR) is 104 cm³/mol. The summed E-state index contributed by atoms with van der Waals surface area (Å²) in [6, 6.07) is 10.9. The third-order valence-electron chi connectivity index (χ3n) is 3.98. The van der Waals surface area contributed by atoms with E-state index in [1.165, 1.54) is 0 Å². The molecule has 0 spiro atoms. The molecule has 2 aromatic rings. The van der Waals surface area contributed by atoms with Crippen molar-refractivity contribution < 1.29 is 23.7 Å². The number of hydrogen-bond donors (Lipinski definition) is 0. The van der Waals surface area contributed by atoms with Gasteiger partial charge in [-0.1, -0.05) is 19.1 Å². The number of hydrogen-bond acceptors (Lipinski definition) is 5. The first-order chi connectivity index (χ1) is 13.2. The maximum absolute atomic E-state index is 12.5. The smallest absolute Gasteiger partial charge is 0.185 e. The lowest BCUT2D eigenvalue weighted by Crippen LogP contribution is -2.15. The number of benzene rings is 2. The van der Waals surface area contributed by atoms with Gasteiger partial charge in [0.05, 0.1) is 13.2 Å². The molecular formula is C22H24O5. The summed E-state index contributed by atoms with van der Waals surface area (Å²) in [5.74, 6) is 2.58. The first kappa shape index (κ1) is 18.8. The summed E-state index contributed by atoms with van der Waals surface area (Å²) in [5, 5.41) is 0. The van der Waals surface area contributed by atoms with E-state index in [9.17, 15) is 4.79 Å². The number of ether oxygens (including phenoxy) is 4. The van der Waals surface area contributed by atoms with Crippen molar-refractivity contribution >= 4 is 11.9 Å². The van der Waals surface area contributed by atoms with E-state index in [1.54, 1.807) is 30.4 Å². The van der Waals surface area contributed by atoms with Gasteiger partial charge in [-0.05, 0) is 55.3 Å². The third-order valence-corrected chi connectivity index (χ3v) is 3.98. The molecule has 0 saturated carbocycles. The molecule has 0 aliphatic carbocycles. The molecule has 0 atom stereocenters. The molecule has 0 saturated heterocycles. The van der Waals surface area contributed by atoms with Crippen molar-refractivity contribution in [2.24, 2.45) is 0 Å². The van der Waals surface area contributed by atoms with Crippen LogP contribution in [-0.4, -0.2) is 32.2 Å². The average Bonchev–Trinajstić information content (AvgIpc) is 2.71. The molecule has 3 rings (SSSR count). The molecule has 0 radical (unpaired) electrons. The molecule has 27 heavy (non-hydrogen) atoms. The molecule has 2 aromatic carbocycles. The Kier molecular flexibility index (Phi) is 6.36. The van der Waals surface area contributed by atoms with Crippen molar-refractivity contribution in [1.82, 2.24) is 0 Å². The molecule has 1 heterocycles. The second-order valence-electron chi connectivity index (χ2n) is 6.04. The monoisotopic (exact) mass is 368 g/mol. The summed E-state index contributed by atoms with van der Waals surface area (Å²) in [6.07, 6.45) is 4.24. The fourth-order valence-corrected chi connectivity index (χ4v) is 2.69. The minimum atomic E-state index is -0.101. The van der Waals surface area contributed by atoms with Gasteiger partial charge in [-0.2, -0.15) is 0 Å².